The first-order chi connectivity index (χ1) is 11.5. The Morgan fingerprint density at radius 1 is 1.12 bits per heavy atom. The lowest BCUT2D eigenvalue weighted by molar-refractivity contribution is -0.120. The van der Waals surface area contributed by atoms with Crippen molar-refractivity contribution in [2.45, 2.75) is 20.3 Å². The molecule has 0 saturated heterocycles. The minimum absolute atomic E-state index is 0.167. The summed E-state index contributed by atoms with van der Waals surface area (Å²) in [4.78, 5) is 12.0. The second-order valence-corrected chi connectivity index (χ2v) is 5.51. The Labute approximate surface area is 142 Å². The molecule has 0 aliphatic heterocycles. The Morgan fingerprint density at radius 3 is 2.58 bits per heavy atom. The van der Waals surface area contributed by atoms with Crippen molar-refractivity contribution < 1.29 is 14.3 Å². The second-order valence-electron chi connectivity index (χ2n) is 5.51. The van der Waals surface area contributed by atoms with Crippen LogP contribution in [0.3, 0.4) is 0 Å². The summed E-state index contributed by atoms with van der Waals surface area (Å²) in [5.74, 6) is 1.18. The quantitative estimate of drug-likeness (QED) is 0.656. The predicted molar refractivity (Wildman–Crippen MR) is 94.9 cm³/mol. The van der Waals surface area contributed by atoms with Gasteiger partial charge in [0.05, 0.1) is 26.9 Å². The summed E-state index contributed by atoms with van der Waals surface area (Å²) < 4.78 is 10.4. The van der Waals surface area contributed by atoms with Crippen molar-refractivity contribution in [2.24, 2.45) is 5.10 Å². The maximum Gasteiger partial charge on any atom is 0.244 e. The number of nitrogens with one attached hydrogen (secondary N) is 1. The molecule has 0 unspecified atom stereocenters. The molecule has 1 N–H and O–H groups in total. The molecule has 2 aromatic rings. The highest BCUT2D eigenvalue weighted by Crippen LogP contribution is 2.22. The average molecular weight is 326 g/mol. The van der Waals surface area contributed by atoms with Crippen molar-refractivity contribution in [3.63, 3.8) is 0 Å². The molecule has 0 spiro atoms. The van der Waals surface area contributed by atoms with Crippen LogP contribution in [-0.2, 0) is 11.2 Å². The summed E-state index contributed by atoms with van der Waals surface area (Å²) in [5, 5.41) is 4.01. The summed E-state index contributed by atoms with van der Waals surface area (Å²) >= 11 is 0. The highest BCUT2D eigenvalue weighted by molar-refractivity contribution is 5.86. The standard InChI is InChI=1S/C19H22N2O3/c1-13-5-6-15(14(2)9-13)11-19(22)21-20-12-16-10-17(23-3)7-8-18(16)24-4/h5-10,12H,11H2,1-4H3,(H,21,22)/b20-12-. The molecule has 0 aliphatic carbocycles. The van der Waals surface area contributed by atoms with Gasteiger partial charge in [-0.1, -0.05) is 23.8 Å². The van der Waals surface area contributed by atoms with Crippen LogP contribution in [0.2, 0.25) is 0 Å². The number of hydrogen-bond donors (Lipinski definition) is 1. The third kappa shape index (κ3) is 4.59. The van der Waals surface area contributed by atoms with Crippen molar-refractivity contribution in [1.29, 1.82) is 0 Å². The van der Waals surface area contributed by atoms with Crippen LogP contribution in [0.4, 0.5) is 0 Å². The zero-order valence-electron chi connectivity index (χ0n) is 14.4. The fourth-order valence-electron chi connectivity index (χ4n) is 2.37. The summed E-state index contributed by atoms with van der Waals surface area (Å²) in [6.07, 6.45) is 1.83. The molecule has 126 valence electrons. The zero-order valence-corrected chi connectivity index (χ0v) is 14.4. The first kappa shape index (κ1) is 17.5. The van der Waals surface area contributed by atoms with E-state index in [1.165, 1.54) is 5.56 Å². The molecule has 0 fully saturated rings. The van der Waals surface area contributed by atoms with E-state index < -0.39 is 0 Å². The molecule has 0 atom stereocenters. The molecular weight excluding hydrogens is 304 g/mol. The molecule has 2 aromatic carbocycles. The lowest BCUT2D eigenvalue weighted by atomic mass is 10.0. The molecule has 0 aliphatic rings. The van der Waals surface area contributed by atoms with Crippen LogP contribution in [-0.4, -0.2) is 26.3 Å². The van der Waals surface area contributed by atoms with E-state index in [2.05, 4.69) is 16.6 Å². The van der Waals surface area contributed by atoms with Crippen molar-refractivity contribution in [3.8, 4) is 11.5 Å². The number of amides is 1. The van der Waals surface area contributed by atoms with Crippen LogP contribution >= 0.6 is 0 Å². The van der Waals surface area contributed by atoms with Gasteiger partial charge in [0.1, 0.15) is 11.5 Å². The van der Waals surface area contributed by atoms with Crippen LogP contribution in [0.1, 0.15) is 22.3 Å². The smallest absolute Gasteiger partial charge is 0.244 e. The normalized spacial score (nSPS) is 10.7. The van der Waals surface area contributed by atoms with E-state index in [0.29, 0.717) is 17.9 Å². The number of benzene rings is 2. The number of hydrogen-bond acceptors (Lipinski definition) is 4. The zero-order chi connectivity index (χ0) is 17.5. The van der Waals surface area contributed by atoms with Crippen molar-refractivity contribution >= 4 is 12.1 Å². The van der Waals surface area contributed by atoms with E-state index in [1.54, 1.807) is 38.6 Å². The van der Waals surface area contributed by atoms with Gasteiger partial charge in [-0.3, -0.25) is 4.79 Å². The van der Waals surface area contributed by atoms with E-state index in [-0.39, 0.29) is 5.91 Å². The largest absolute Gasteiger partial charge is 0.497 e. The van der Waals surface area contributed by atoms with Crippen molar-refractivity contribution in [3.05, 3.63) is 58.7 Å². The van der Waals surface area contributed by atoms with Crippen LogP contribution in [0.15, 0.2) is 41.5 Å². The van der Waals surface area contributed by atoms with Gasteiger partial charge in [0.15, 0.2) is 0 Å². The molecule has 5 nitrogen and oxygen atoms in total. The third-order valence-corrected chi connectivity index (χ3v) is 3.68. The minimum atomic E-state index is -0.167. The maximum atomic E-state index is 12.0. The summed E-state index contributed by atoms with van der Waals surface area (Å²) in [6, 6.07) is 11.4. The third-order valence-electron chi connectivity index (χ3n) is 3.68. The van der Waals surface area contributed by atoms with Gasteiger partial charge in [-0.05, 0) is 43.2 Å². The second kappa shape index (κ2) is 8.15. The molecule has 2 rings (SSSR count). The molecule has 0 bridgehead atoms. The van der Waals surface area contributed by atoms with Gasteiger partial charge >= 0.3 is 0 Å². The first-order valence-corrected chi connectivity index (χ1v) is 7.63. The molecule has 24 heavy (non-hydrogen) atoms. The van der Waals surface area contributed by atoms with Gasteiger partial charge in [0.25, 0.3) is 0 Å². The van der Waals surface area contributed by atoms with Crippen LogP contribution in [0, 0.1) is 13.8 Å². The number of rotatable bonds is 6. The Bertz CT molecular complexity index is 754. The number of nitrogens with zero attached hydrogens (tertiary/aromatic N) is 1. The summed E-state index contributed by atoms with van der Waals surface area (Å²) in [6.45, 7) is 4.03. The first-order valence-electron chi connectivity index (χ1n) is 7.63. The summed E-state index contributed by atoms with van der Waals surface area (Å²) in [7, 11) is 3.17. The van der Waals surface area contributed by atoms with Gasteiger partial charge in [0.2, 0.25) is 5.91 Å². The molecule has 0 radical (unpaired) electrons. The predicted octanol–water partition coefficient (Wildman–Crippen LogP) is 3.01. The molecule has 0 saturated carbocycles. The topological polar surface area (TPSA) is 59.9 Å². The van der Waals surface area contributed by atoms with Crippen molar-refractivity contribution in [1.82, 2.24) is 5.43 Å². The number of methoxy groups -OCH3 is 2. The van der Waals surface area contributed by atoms with Crippen LogP contribution < -0.4 is 14.9 Å². The van der Waals surface area contributed by atoms with Gasteiger partial charge in [-0.25, -0.2) is 5.43 Å². The molecular formula is C19H22N2O3. The van der Waals surface area contributed by atoms with E-state index in [9.17, 15) is 4.79 Å². The molecule has 5 heteroatoms. The van der Waals surface area contributed by atoms with Gasteiger partial charge < -0.3 is 9.47 Å². The van der Waals surface area contributed by atoms with E-state index in [1.807, 2.05) is 26.0 Å². The van der Waals surface area contributed by atoms with E-state index >= 15 is 0 Å². The van der Waals surface area contributed by atoms with E-state index in [0.717, 1.165) is 16.7 Å². The Morgan fingerprint density at radius 2 is 1.92 bits per heavy atom. The lowest BCUT2D eigenvalue weighted by Gasteiger charge is -2.07. The maximum absolute atomic E-state index is 12.0. The molecule has 0 aromatic heterocycles. The van der Waals surface area contributed by atoms with E-state index in [4.69, 9.17) is 9.47 Å². The van der Waals surface area contributed by atoms with Crippen LogP contribution in [0.5, 0.6) is 11.5 Å². The van der Waals surface area contributed by atoms with Gasteiger partial charge in [-0.15, -0.1) is 0 Å². The highest BCUT2D eigenvalue weighted by Gasteiger charge is 2.06. The number of ether oxygens (including phenoxy) is 2. The fraction of sp³-hybridized carbons (Fsp3) is 0.263. The van der Waals surface area contributed by atoms with Crippen molar-refractivity contribution in [2.75, 3.05) is 14.2 Å². The minimum Gasteiger partial charge on any atom is -0.497 e. The summed E-state index contributed by atoms with van der Waals surface area (Å²) in [5.41, 5.74) is 6.54. The number of carbonyl (C=O) groups is 1. The Hall–Kier alpha value is -2.82. The van der Waals surface area contributed by atoms with Crippen LogP contribution in [0.25, 0.3) is 0 Å². The average Bonchev–Trinajstić information content (AvgIpc) is 2.57. The lowest BCUT2D eigenvalue weighted by Crippen LogP contribution is -2.20. The number of hydrazone groups is 1. The fourth-order valence-corrected chi connectivity index (χ4v) is 2.37. The van der Waals surface area contributed by atoms with Gasteiger partial charge in [-0.2, -0.15) is 5.10 Å². The Balaban J connectivity index is 2.02. The number of aryl methyl sites for hydroxylation is 2. The monoisotopic (exact) mass is 326 g/mol. The number of carbonyl (C=O) groups excluding carboxylic acids is 1. The Kier molecular flexibility index (Phi) is 5.95. The highest BCUT2D eigenvalue weighted by atomic mass is 16.5. The SMILES string of the molecule is COc1ccc(OC)c(/C=N\NC(=O)Cc2ccc(C)cc2C)c1. The van der Waals surface area contributed by atoms with Gasteiger partial charge in [0, 0.05) is 5.56 Å². The molecule has 0 heterocycles. The molecule has 1 amide bonds.